The molecular weight excluding hydrogens is 681 g/mol. The molecule has 2 amide bonds. The largest absolute Gasteiger partial charge is 0.472 e. The van der Waals surface area contributed by atoms with E-state index >= 15 is 0 Å². The molecule has 17 heteroatoms. The van der Waals surface area contributed by atoms with Crippen molar-refractivity contribution >= 4 is 42.5 Å². The summed E-state index contributed by atoms with van der Waals surface area (Å²) < 4.78 is 29.5. The number of benzene rings is 1. The number of carbonyl (C=O) groups excluding carboxylic acids is 3. The van der Waals surface area contributed by atoms with E-state index < -0.39 is 32.8 Å². The lowest BCUT2D eigenvalue weighted by Gasteiger charge is -2.31. The molecule has 2 fully saturated rings. The molecule has 5 heterocycles. The molecule has 16 nitrogen and oxygen atoms in total. The molecule has 2 saturated heterocycles. The third-order valence-electron chi connectivity index (χ3n) is 10.0. The third-order valence-corrected chi connectivity index (χ3v) is 10.5. The highest BCUT2D eigenvalue weighted by atomic mass is 31.2. The van der Waals surface area contributed by atoms with Gasteiger partial charge in [-0.2, -0.15) is 5.10 Å². The first kappa shape index (κ1) is 36.5. The maximum absolute atomic E-state index is 14.3. The average Bonchev–Trinajstić information content (AvgIpc) is 3.82. The summed E-state index contributed by atoms with van der Waals surface area (Å²) in [6, 6.07) is 5.69. The van der Waals surface area contributed by atoms with Gasteiger partial charge in [0.05, 0.1) is 23.8 Å². The summed E-state index contributed by atoms with van der Waals surface area (Å²) in [6.45, 7) is 9.24. The van der Waals surface area contributed by atoms with Gasteiger partial charge in [0.15, 0.2) is 5.65 Å². The van der Waals surface area contributed by atoms with Crippen LogP contribution in [-0.2, 0) is 23.4 Å². The molecule has 0 radical (unpaired) electrons. The Morgan fingerprint density at radius 3 is 2.47 bits per heavy atom. The van der Waals surface area contributed by atoms with Crippen molar-refractivity contribution < 1.29 is 42.7 Å². The summed E-state index contributed by atoms with van der Waals surface area (Å²) in [6.07, 6.45) is 4.87. The highest BCUT2D eigenvalue weighted by molar-refractivity contribution is 7.46. The van der Waals surface area contributed by atoms with Gasteiger partial charge in [-0.25, -0.2) is 32.7 Å². The van der Waals surface area contributed by atoms with Crippen LogP contribution in [0.3, 0.4) is 0 Å². The minimum atomic E-state index is -4.81. The predicted octanol–water partition coefficient (Wildman–Crippen LogP) is 4.41. The van der Waals surface area contributed by atoms with Crippen LogP contribution in [0.4, 0.5) is 9.59 Å². The average molecular weight is 726 g/mol. The highest BCUT2D eigenvalue weighted by Gasteiger charge is 2.34. The molecule has 1 unspecified atom stereocenters. The number of phosphoric ester groups is 1. The Morgan fingerprint density at radius 1 is 1.04 bits per heavy atom. The fraction of sp³-hybridized carbons (Fsp3) is 0.500. The third kappa shape index (κ3) is 7.65. The van der Waals surface area contributed by atoms with Crippen LogP contribution in [-0.4, -0.2) is 102 Å². The first-order valence-electron chi connectivity index (χ1n) is 17.0. The van der Waals surface area contributed by atoms with Crippen LogP contribution >= 0.6 is 7.82 Å². The summed E-state index contributed by atoms with van der Waals surface area (Å²) in [4.78, 5) is 64.2. The van der Waals surface area contributed by atoms with Crippen LogP contribution < -0.4 is 5.73 Å². The number of fused-ring (bicyclic) bond motifs is 2. The van der Waals surface area contributed by atoms with Crippen molar-refractivity contribution in [3.05, 3.63) is 53.0 Å². The molecule has 1 aromatic carbocycles. The summed E-state index contributed by atoms with van der Waals surface area (Å²) in [5.74, 6) is -0.0565. The highest BCUT2D eigenvalue weighted by Crippen LogP contribution is 2.42. The lowest BCUT2D eigenvalue weighted by Crippen LogP contribution is -2.39. The molecule has 1 atom stereocenters. The second-order valence-electron chi connectivity index (χ2n) is 13.6. The van der Waals surface area contributed by atoms with Gasteiger partial charge in [0.1, 0.15) is 12.9 Å². The molecule has 274 valence electrons. The lowest BCUT2D eigenvalue weighted by atomic mass is 9.87. The fourth-order valence-electron chi connectivity index (χ4n) is 7.42. The van der Waals surface area contributed by atoms with Gasteiger partial charge >= 0.3 is 20.0 Å². The second kappa shape index (κ2) is 14.7. The van der Waals surface area contributed by atoms with Crippen molar-refractivity contribution in [2.24, 2.45) is 5.73 Å². The van der Waals surface area contributed by atoms with Crippen molar-refractivity contribution in [1.29, 1.82) is 0 Å². The molecule has 0 bridgehead atoms. The Hall–Kier alpha value is -4.34. The number of nitrogens with two attached hydrogens (primary N) is 1. The van der Waals surface area contributed by atoms with Crippen molar-refractivity contribution in [3.63, 3.8) is 0 Å². The van der Waals surface area contributed by atoms with E-state index in [4.69, 9.17) is 25.0 Å². The lowest BCUT2D eigenvalue weighted by molar-refractivity contribution is -0.119. The monoisotopic (exact) mass is 725 g/mol. The molecule has 0 aliphatic carbocycles. The Balaban J connectivity index is 1.36. The molecule has 6 rings (SSSR count). The minimum absolute atomic E-state index is 0.00539. The van der Waals surface area contributed by atoms with Gasteiger partial charge in [0.25, 0.3) is 0 Å². The normalized spacial score (nSPS) is 17.5. The number of carbonyl (C=O) groups is 3. The van der Waals surface area contributed by atoms with Crippen molar-refractivity contribution in [3.8, 4) is 11.3 Å². The van der Waals surface area contributed by atoms with Crippen molar-refractivity contribution in [1.82, 2.24) is 29.0 Å². The Morgan fingerprint density at radius 2 is 1.78 bits per heavy atom. The van der Waals surface area contributed by atoms with Crippen molar-refractivity contribution in [2.45, 2.75) is 71.3 Å². The van der Waals surface area contributed by atoms with E-state index in [0.717, 1.165) is 64.8 Å². The molecule has 51 heavy (non-hydrogen) atoms. The molecular formula is C34H44N7O9P. The summed E-state index contributed by atoms with van der Waals surface area (Å²) in [5, 5.41) is 5.33. The smallest absolute Gasteiger partial charge is 0.447 e. The summed E-state index contributed by atoms with van der Waals surface area (Å²) >= 11 is 0. The fourth-order valence-corrected chi connectivity index (χ4v) is 7.61. The molecule has 4 aromatic rings. The van der Waals surface area contributed by atoms with Gasteiger partial charge in [-0.3, -0.25) is 9.69 Å². The minimum Gasteiger partial charge on any atom is -0.447 e. The van der Waals surface area contributed by atoms with Gasteiger partial charge in [-0.15, -0.1) is 0 Å². The number of rotatable bonds is 10. The number of primary amides is 1. The SMILES string of the molecule is Cc1c(-c2c(C(C)C)c3cc(C4CCN(CC(N)=O)CC4)ccc3n2C(=O)OCC2CCCN2C(=O)OCOP(=O)(O)O)cn2ncnc2c1C. The number of aryl methyl sites for hydroxylation is 1. The number of aromatic nitrogens is 4. The number of hydrogen-bond donors (Lipinski definition) is 3. The molecule has 2 aliphatic heterocycles. The zero-order valence-electron chi connectivity index (χ0n) is 29.1. The molecule has 0 spiro atoms. The van der Waals surface area contributed by atoms with Crippen LogP contribution in [0.2, 0.25) is 0 Å². The van der Waals surface area contributed by atoms with E-state index in [9.17, 15) is 18.9 Å². The standard InChI is InChI=1S/C34H44N7O9P/c1-20(2)30-26-14-24(23-9-12-38(13-10-23)16-29(35)42)7-8-28(26)41(31(30)27-15-40-32(36-18-37-40)22(4)21(27)3)34(44)48-17-25-6-5-11-39(25)33(43)49-19-50-51(45,46)47/h7-8,14-15,18,20,23,25H,5-6,9-13,16-17,19H2,1-4H3,(H2,35,42)(H2,45,46,47). The number of ether oxygens (including phenoxy) is 2. The molecule has 4 N–H and O–H groups in total. The number of amides is 2. The first-order chi connectivity index (χ1) is 24.2. The number of hydrogen-bond acceptors (Lipinski definition) is 10. The van der Waals surface area contributed by atoms with Crippen LogP contribution in [0.5, 0.6) is 0 Å². The van der Waals surface area contributed by atoms with E-state index in [2.05, 4.69) is 45.5 Å². The predicted molar refractivity (Wildman–Crippen MR) is 186 cm³/mol. The summed E-state index contributed by atoms with van der Waals surface area (Å²) in [7, 11) is -4.81. The topological polar surface area (TPSA) is 204 Å². The van der Waals surface area contributed by atoms with Gasteiger partial charge in [0, 0.05) is 23.7 Å². The molecule has 2 aliphatic rings. The zero-order chi connectivity index (χ0) is 36.6. The van der Waals surface area contributed by atoms with E-state index in [-0.39, 0.29) is 30.9 Å². The maximum atomic E-state index is 14.3. The van der Waals surface area contributed by atoms with Gasteiger partial charge in [0.2, 0.25) is 12.7 Å². The molecule has 0 saturated carbocycles. The number of nitrogens with zero attached hydrogens (tertiary/aromatic N) is 6. The van der Waals surface area contributed by atoms with Gasteiger partial charge in [-0.1, -0.05) is 19.9 Å². The quantitative estimate of drug-likeness (QED) is 0.154. The van der Waals surface area contributed by atoms with Crippen molar-refractivity contribution in [2.75, 3.05) is 39.6 Å². The van der Waals surface area contributed by atoms with Crippen LogP contribution in [0.15, 0.2) is 30.7 Å². The second-order valence-corrected chi connectivity index (χ2v) is 14.8. The maximum Gasteiger partial charge on any atom is 0.472 e. The number of pyridine rings is 1. The Bertz CT molecular complexity index is 2010. The Labute approximate surface area is 294 Å². The van der Waals surface area contributed by atoms with Crippen LogP contribution in [0.25, 0.3) is 27.8 Å². The zero-order valence-corrected chi connectivity index (χ0v) is 30.0. The summed E-state index contributed by atoms with van der Waals surface area (Å²) in [5.41, 5.74) is 12.3. The molecule has 3 aromatic heterocycles. The number of likely N-dealkylation sites (tertiary alicyclic amines) is 2. The van der Waals surface area contributed by atoms with Gasteiger partial charge in [-0.05, 0) is 98.8 Å². The van der Waals surface area contributed by atoms with Crippen LogP contribution in [0.1, 0.15) is 73.6 Å². The van der Waals surface area contributed by atoms with Crippen LogP contribution in [0, 0.1) is 13.8 Å². The first-order valence-corrected chi connectivity index (χ1v) is 18.6. The van der Waals surface area contributed by atoms with E-state index in [0.29, 0.717) is 30.6 Å². The van der Waals surface area contributed by atoms with E-state index in [1.807, 2.05) is 26.1 Å². The van der Waals surface area contributed by atoms with E-state index in [1.54, 1.807) is 9.08 Å². The number of piperidine rings is 1. The Kier molecular flexibility index (Phi) is 10.5. The van der Waals surface area contributed by atoms with E-state index in [1.165, 1.54) is 11.2 Å². The number of phosphoric acid groups is 1. The van der Waals surface area contributed by atoms with Gasteiger partial charge < -0.3 is 29.9 Å².